The van der Waals surface area contributed by atoms with Gasteiger partial charge in [-0.25, -0.2) is 9.98 Å². The zero-order valence-electron chi connectivity index (χ0n) is 11.5. The minimum absolute atomic E-state index is 0. The van der Waals surface area contributed by atoms with Gasteiger partial charge in [-0.05, 0) is 19.8 Å². The third-order valence-electron chi connectivity index (χ3n) is 2.08. The largest absolute Gasteiger partial charge is 0.357 e. The highest BCUT2D eigenvalue weighted by molar-refractivity contribution is 14.0. The molecule has 0 bridgehead atoms. The van der Waals surface area contributed by atoms with Gasteiger partial charge in [0.25, 0.3) is 0 Å². The standard InChI is InChI=1S/C12H22N4S.HI/c1-5-13-12(15-6-9(2)3)16-8-11-7-14-10(4)17-11;/h7,9H,5-6,8H2,1-4H3,(H2,13,15,16);1H. The number of thiazole rings is 1. The predicted molar refractivity (Wildman–Crippen MR) is 89.9 cm³/mol. The van der Waals surface area contributed by atoms with Crippen LogP contribution < -0.4 is 10.6 Å². The van der Waals surface area contributed by atoms with Gasteiger partial charge < -0.3 is 10.6 Å². The van der Waals surface area contributed by atoms with Gasteiger partial charge in [-0.15, -0.1) is 35.3 Å². The predicted octanol–water partition coefficient (Wildman–Crippen LogP) is 2.78. The van der Waals surface area contributed by atoms with E-state index in [2.05, 4.69) is 41.4 Å². The summed E-state index contributed by atoms with van der Waals surface area (Å²) in [5, 5.41) is 7.65. The quantitative estimate of drug-likeness (QED) is 0.468. The number of aryl methyl sites for hydroxylation is 1. The highest BCUT2D eigenvalue weighted by Crippen LogP contribution is 2.12. The van der Waals surface area contributed by atoms with E-state index in [0.29, 0.717) is 12.5 Å². The summed E-state index contributed by atoms with van der Waals surface area (Å²) in [6, 6.07) is 0. The SMILES string of the molecule is CCNC(=NCc1cnc(C)s1)NCC(C)C.I. The summed E-state index contributed by atoms with van der Waals surface area (Å²) < 4.78 is 0. The number of aliphatic imine (C=N–C) groups is 1. The molecule has 104 valence electrons. The number of nitrogens with zero attached hydrogens (tertiary/aromatic N) is 2. The summed E-state index contributed by atoms with van der Waals surface area (Å²) in [6.45, 7) is 11.0. The third-order valence-corrected chi connectivity index (χ3v) is 2.98. The zero-order valence-corrected chi connectivity index (χ0v) is 14.6. The van der Waals surface area contributed by atoms with E-state index in [1.54, 1.807) is 11.3 Å². The summed E-state index contributed by atoms with van der Waals surface area (Å²) in [5.74, 6) is 1.50. The summed E-state index contributed by atoms with van der Waals surface area (Å²) >= 11 is 1.70. The van der Waals surface area contributed by atoms with Crippen molar-refractivity contribution < 1.29 is 0 Å². The number of rotatable bonds is 5. The van der Waals surface area contributed by atoms with Gasteiger partial charge >= 0.3 is 0 Å². The molecule has 1 aromatic heterocycles. The maximum Gasteiger partial charge on any atom is 0.191 e. The van der Waals surface area contributed by atoms with E-state index >= 15 is 0 Å². The van der Waals surface area contributed by atoms with Crippen LogP contribution in [0.3, 0.4) is 0 Å². The van der Waals surface area contributed by atoms with Crippen molar-refractivity contribution in [1.82, 2.24) is 15.6 Å². The van der Waals surface area contributed by atoms with E-state index in [1.807, 2.05) is 13.1 Å². The Morgan fingerprint density at radius 3 is 2.67 bits per heavy atom. The van der Waals surface area contributed by atoms with Gasteiger partial charge in [-0.1, -0.05) is 13.8 Å². The number of hydrogen-bond donors (Lipinski definition) is 2. The lowest BCUT2D eigenvalue weighted by molar-refractivity contribution is 0.615. The van der Waals surface area contributed by atoms with E-state index in [9.17, 15) is 0 Å². The molecule has 0 fully saturated rings. The second-order valence-electron chi connectivity index (χ2n) is 4.32. The first-order valence-corrected chi connectivity index (χ1v) is 6.87. The van der Waals surface area contributed by atoms with Gasteiger partial charge in [0.15, 0.2) is 5.96 Å². The van der Waals surface area contributed by atoms with Crippen molar-refractivity contribution in [2.75, 3.05) is 13.1 Å². The fourth-order valence-electron chi connectivity index (χ4n) is 1.28. The lowest BCUT2D eigenvalue weighted by atomic mass is 10.2. The van der Waals surface area contributed by atoms with Crippen molar-refractivity contribution in [3.8, 4) is 0 Å². The zero-order chi connectivity index (χ0) is 12.7. The molecule has 18 heavy (non-hydrogen) atoms. The number of nitrogens with one attached hydrogen (secondary N) is 2. The Balaban J connectivity index is 0.00000289. The maximum atomic E-state index is 4.53. The molecule has 0 aliphatic rings. The molecule has 0 spiro atoms. The van der Waals surface area contributed by atoms with E-state index in [1.165, 1.54) is 4.88 Å². The smallest absolute Gasteiger partial charge is 0.191 e. The average molecular weight is 382 g/mol. The Hall–Kier alpha value is -0.370. The second kappa shape index (κ2) is 9.55. The van der Waals surface area contributed by atoms with Crippen molar-refractivity contribution in [2.45, 2.75) is 34.2 Å². The Kier molecular flexibility index (Phi) is 9.35. The van der Waals surface area contributed by atoms with E-state index in [4.69, 9.17) is 0 Å². The molecule has 0 radical (unpaired) electrons. The minimum Gasteiger partial charge on any atom is -0.357 e. The number of halogens is 1. The fraction of sp³-hybridized carbons (Fsp3) is 0.667. The molecular weight excluding hydrogens is 359 g/mol. The van der Waals surface area contributed by atoms with E-state index in [-0.39, 0.29) is 24.0 Å². The van der Waals surface area contributed by atoms with Crippen LogP contribution in [0.2, 0.25) is 0 Å². The minimum atomic E-state index is 0. The number of hydrogen-bond acceptors (Lipinski definition) is 3. The van der Waals surface area contributed by atoms with Crippen LogP contribution in [0.4, 0.5) is 0 Å². The van der Waals surface area contributed by atoms with Gasteiger partial charge in [0.1, 0.15) is 0 Å². The molecule has 2 N–H and O–H groups in total. The molecule has 0 aliphatic heterocycles. The highest BCUT2D eigenvalue weighted by Gasteiger charge is 2.00. The number of aromatic nitrogens is 1. The van der Waals surface area contributed by atoms with Gasteiger partial charge in [0, 0.05) is 24.2 Å². The van der Waals surface area contributed by atoms with Crippen molar-refractivity contribution in [3.63, 3.8) is 0 Å². The Labute approximate surface area is 131 Å². The molecule has 0 saturated heterocycles. The van der Waals surface area contributed by atoms with Crippen molar-refractivity contribution in [2.24, 2.45) is 10.9 Å². The van der Waals surface area contributed by atoms with Crippen LogP contribution in [0.25, 0.3) is 0 Å². The van der Waals surface area contributed by atoms with Crippen LogP contribution in [0.5, 0.6) is 0 Å². The molecular formula is C12H23IN4S. The van der Waals surface area contributed by atoms with Gasteiger partial charge in [-0.2, -0.15) is 0 Å². The highest BCUT2D eigenvalue weighted by atomic mass is 127. The van der Waals surface area contributed by atoms with Crippen molar-refractivity contribution in [3.05, 3.63) is 16.1 Å². The first kappa shape index (κ1) is 17.6. The van der Waals surface area contributed by atoms with Crippen LogP contribution in [0.15, 0.2) is 11.2 Å². The van der Waals surface area contributed by atoms with Crippen LogP contribution in [-0.4, -0.2) is 24.0 Å². The first-order valence-electron chi connectivity index (χ1n) is 6.05. The Morgan fingerprint density at radius 2 is 2.17 bits per heavy atom. The topological polar surface area (TPSA) is 49.3 Å². The molecule has 4 nitrogen and oxygen atoms in total. The molecule has 0 aliphatic carbocycles. The van der Waals surface area contributed by atoms with Crippen molar-refractivity contribution >= 4 is 41.3 Å². The lowest BCUT2D eigenvalue weighted by Crippen LogP contribution is -2.39. The molecule has 1 rings (SSSR count). The van der Waals surface area contributed by atoms with Gasteiger partial charge in [-0.3, -0.25) is 0 Å². The molecule has 0 aromatic carbocycles. The second-order valence-corrected chi connectivity index (χ2v) is 5.63. The molecule has 1 aromatic rings. The molecule has 0 atom stereocenters. The summed E-state index contributed by atoms with van der Waals surface area (Å²) in [4.78, 5) is 9.96. The van der Waals surface area contributed by atoms with Gasteiger partial charge in [0.2, 0.25) is 0 Å². The number of guanidine groups is 1. The van der Waals surface area contributed by atoms with E-state index in [0.717, 1.165) is 24.1 Å². The normalized spacial score (nSPS) is 11.3. The third kappa shape index (κ3) is 7.15. The molecule has 0 saturated carbocycles. The van der Waals surface area contributed by atoms with Crippen molar-refractivity contribution in [1.29, 1.82) is 0 Å². The first-order chi connectivity index (χ1) is 8.11. The average Bonchev–Trinajstić information content (AvgIpc) is 2.68. The summed E-state index contributed by atoms with van der Waals surface area (Å²) in [6.07, 6.45) is 1.90. The van der Waals surface area contributed by atoms with Gasteiger partial charge in [0.05, 0.1) is 11.6 Å². The lowest BCUT2D eigenvalue weighted by Gasteiger charge is -2.12. The molecule has 0 unspecified atom stereocenters. The Morgan fingerprint density at radius 1 is 1.44 bits per heavy atom. The van der Waals surface area contributed by atoms with E-state index < -0.39 is 0 Å². The van der Waals surface area contributed by atoms with Crippen LogP contribution in [0, 0.1) is 12.8 Å². The summed E-state index contributed by atoms with van der Waals surface area (Å²) in [7, 11) is 0. The molecule has 1 heterocycles. The monoisotopic (exact) mass is 382 g/mol. The fourth-order valence-corrected chi connectivity index (χ4v) is 2.00. The van der Waals surface area contributed by atoms with Crippen LogP contribution in [0.1, 0.15) is 30.7 Å². The summed E-state index contributed by atoms with van der Waals surface area (Å²) in [5.41, 5.74) is 0. The molecule has 0 amide bonds. The maximum absolute atomic E-state index is 4.53. The Bertz CT molecular complexity index is 363. The molecule has 6 heteroatoms. The van der Waals surface area contributed by atoms with Crippen LogP contribution in [-0.2, 0) is 6.54 Å². The van der Waals surface area contributed by atoms with Crippen LogP contribution >= 0.6 is 35.3 Å².